The molecule has 0 radical (unpaired) electrons. The highest BCUT2D eigenvalue weighted by molar-refractivity contribution is 5.87. The first-order chi connectivity index (χ1) is 5.95. The van der Waals surface area contributed by atoms with Gasteiger partial charge in [0, 0.05) is 18.5 Å². The number of aliphatic carboxylic acids is 1. The van der Waals surface area contributed by atoms with Crippen LogP contribution in [0.5, 0.6) is 0 Å². The van der Waals surface area contributed by atoms with Crippen LogP contribution >= 0.6 is 0 Å². The van der Waals surface area contributed by atoms with Crippen LogP contribution in [0.15, 0.2) is 0 Å². The fourth-order valence-electron chi connectivity index (χ4n) is 1.94. The van der Waals surface area contributed by atoms with Gasteiger partial charge in [0.15, 0.2) is 0 Å². The third kappa shape index (κ3) is 1.66. The number of amides is 1. The van der Waals surface area contributed by atoms with Crippen molar-refractivity contribution in [1.82, 2.24) is 4.90 Å². The molecule has 0 unspecified atom stereocenters. The fourth-order valence-corrected chi connectivity index (χ4v) is 1.94. The van der Waals surface area contributed by atoms with Gasteiger partial charge in [0.25, 0.3) is 0 Å². The molecule has 1 aliphatic heterocycles. The molecular weight excluding hydrogens is 170 g/mol. The molecule has 0 aromatic heterocycles. The average molecular weight is 185 g/mol. The Balaban J connectivity index is 2.81. The van der Waals surface area contributed by atoms with Crippen LogP contribution in [0.4, 0.5) is 0 Å². The van der Waals surface area contributed by atoms with Crippen molar-refractivity contribution in [1.29, 1.82) is 0 Å². The SMILES string of the molecule is CC(C)N1C(=O)C[C@H](C(=O)O)[C@H]1C. The maximum Gasteiger partial charge on any atom is 0.309 e. The van der Waals surface area contributed by atoms with Crippen molar-refractivity contribution < 1.29 is 14.7 Å². The zero-order valence-corrected chi connectivity index (χ0v) is 8.15. The number of hydrogen-bond donors (Lipinski definition) is 1. The summed E-state index contributed by atoms with van der Waals surface area (Å²) in [6.07, 6.45) is 0.147. The van der Waals surface area contributed by atoms with Gasteiger partial charge >= 0.3 is 5.97 Å². The molecule has 1 saturated heterocycles. The van der Waals surface area contributed by atoms with Gasteiger partial charge in [-0.1, -0.05) is 0 Å². The van der Waals surface area contributed by atoms with Gasteiger partial charge in [0.1, 0.15) is 0 Å². The molecule has 0 spiro atoms. The van der Waals surface area contributed by atoms with E-state index in [0.29, 0.717) is 0 Å². The summed E-state index contributed by atoms with van der Waals surface area (Å²) in [5.41, 5.74) is 0. The predicted molar refractivity (Wildman–Crippen MR) is 47.2 cm³/mol. The molecule has 0 aliphatic carbocycles. The van der Waals surface area contributed by atoms with E-state index in [1.807, 2.05) is 13.8 Å². The highest BCUT2D eigenvalue weighted by Gasteiger charge is 2.41. The lowest BCUT2D eigenvalue weighted by molar-refractivity contribution is -0.142. The van der Waals surface area contributed by atoms with Crippen molar-refractivity contribution in [3.05, 3.63) is 0 Å². The molecular formula is C9H15NO3. The van der Waals surface area contributed by atoms with Crippen molar-refractivity contribution >= 4 is 11.9 Å². The molecule has 1 rings (SSSR count). The van der Waals surface area contributed by atoms with E-state index < -0.39 is 11.9 Å². The number of hydrogen-bond acceptors (Lipinski definition) is 2. The van der Waals surface area contributed by atoms with E-state index >= 15 is 0 Å². The van der Waals surface area contributed by atoms with Gasteiger partial charge in [0.05, 0.1) is 5.92 Å². The number of rotatable bonds is 2. The van der Waals surface area contributed by atoms with Gasteiger partial charge in [-0.25, -0.2) is 0 Å². The Morgan fingerprint density at radius 1 is 1.62 bits per heavy atom. The number of carboxylic acid groups (broad SMARTS) is 1. The molecule has 0 aromatic rings. The van der Waals surface area contributed by atoms with E-state index in [0.717, 1.165) is 0 Å². The molecule has 1 N–H and O–H groups in total. The Morgan fingerprint density at radius 3 is 2.38 bits per heavy atom. The van der Waals surface area contributed by atoms with Crippen LogP contribution < -0.4 is 0 Å². The maximum atomic E-state index is 11.4. The molecule has 2 atom stereocenters. The first kappa shape index (κ1) is 10.0. The second-order valence-corrected chi connectivity index (χ2v) is 3.78. The Bertz CT molecular complexity index is 237. The molecule has 74 valence electrons. The van der Waals surface area contributed by atoms with Crippen molar-refractivity contribution in [2.45, 2.75) is 39.3 Å². The maximum absolute atomic E-state index is 11.4. The van der Waals surface area contributed by atoms with Crippen LogP contribution in [0.1, 0.15) is 27.2 Å². The lowest BCUT2D eigenvalue weighted by atomic mass is 10.0. The molecule has 13 heavy (non-hydrogen) atoms. The van der Waals surface area contributed by atoms with Gasteiger partial charge in [-0.2, -0.15) is 0 Å². The van der Waals surface area contributed by atoms with Crippen LogP contribution in [-0.4, -0.2) is 34.0 Å². The Morgan fingerprint density at radius 2 is 2.15 bits per heavy atom. The highest BCUT2D eigenvalue weighted by Crippen LogP contribution is 2.27. The van der Waals surface area contributed by atoms with Crippen LogP contribution in [0, 0.1) is 5.92 Å². The normalized spacial score (nSPS) is 28.6. The number of nitrogens with zero attached hydrogens (tertiary/aromatic N) is 1. The molecule has 4 heteroatoms. The van der Waals surface area contributed by atoms with Crippen LogP contribution in [-0.2, 0) is 9.59 Å². The van der Waals surface area contributed by atoms with Crippen molar-refractivity contribution in [3.8, 4) is 0 Å². The van der Waals surface area contributed by atoms with Crippen LogP contribution in [0.2, 0.25) is 0 Å². The molecule has 1 amide bonds. The third-order valence-corrected chi connectivity index (χ3v) is 2.58. The highest BCUT2D eigenvalue weighted by atomic mass is 16.4. The number of carbonyl (C=O) groups excluding carboxylic acids is 1. The molecule has 0 aromatic carbocycles. The monoisotopic (exact) mass is 185 g/mol. The molecule has 1 aliphatic rings. The third-order valence-electron chi connectivity index (χ3n) is 2.58. The van der Waals surface area contributed by atoms with E-state index in [1.54, 1.807) is 11.8 Å². The Labute approximate surface area is 77.5 Å². The Kier molecular flexibility index (Phi) is 2.59. The van der Waals surface area contributed by atoms with Gasteiger partial charge in [0.2, 0.25) is 5.91 Å². The summed E-state index contributed by atoms with van der Waals surface area (Å²) in [6.45, 7) is 5.60. The Hall–Kier alpha value is -1.06. The molecule has 1 fully saturated rings. The van der Waals surface area contributed by atoms with Crippen LogP contribution in [0.25, 0.3) is 0 Å². The van der Waals surface area contributed by atoms with E-state index in [1.165, 1.54) is 0 Å². The topological polar surface area (TPSA) is 57.6 Å². The summed E-state index contributed by atoms with van der Waals surface area (Å²) in [5.74, 6) is -1.45. The number of carbonyl (C=O) groups is 2. The van der Waals surface area contributed by atoms with Crippen LogP contribution in [0.3, 0.4) is 0 Å². The minimum Gasteiger partial charge on any atom is -0.481 e. The van der Waals surface area contributed by atoms with Gasteiger partial charge < -0.3 is 10.0 Å². The zero-order valence-electron chi connectivity index (χ0n) is 8.15. The summed E-state index contributed by atoms with van der Waals surface area (Å²) >= 11 is 0. The molecule has 0 bridgehead atoms. The zero-order chi connectivity index (χ0) is 10.2. The van der Waals surface area contributed by atoms with Crippen molar-refractivity contribution in [2.75, 3.05) is 0 Å². The standard InChI is InChI=1S/C9H15NO3/c1-5(2)10-6(3)7(9(12)13)4-8(10)11/h5-7H,4H2,1-3H3,(H,12,13)/t6-,7+/m1/s1. The summed E-state index contributed by atoms with van der Waals surface area (Å²) in [6, 6.07) is -0.0863. The molecule has 4 nitrogen and oxygen atoms in total. The fraction of sp³-hybridized carbons (Fsp3) is 0.778. The minimum atomic E-state index is -0.871. The number of carboxylic acids is 1. The van der Waals surface area contributed by atoms with E-state index in [2.05, 4.69) is 0 Å². The quantitative estimate of drug-likeness (QED) is 0.689. The lowest BCUT2D eigenvalue weighted by Gasteiger charge is -2.27. The summed E-state index contributed by atoms with van der Waals surface area (Å²) in [4.78, 5) is 23.8. The van der Waals surface area contributed by atoms with Crippen molar-refractivity contribution in [3.63, 3.8) is 0 Å². The smallest absolute Gasteiger partial charge is 0.309 e. The largest absolute Gasteiger partial charge is 0.481 e. The first-order valence-corrected chi connectivity index (χ1v) is 4.49. The minimum absolute atomic E-state index is 0.0464. The lowest BCUT2D eigenvalue weighted by Crippen LogP contribution is -2.39. The predicted octanol–water partition coefficient (Wildman–Crippen LogP) is 0.716. The van der Waals surface area contributed by atoms with Gasteiger partial charge in [-0.3, -0.25) is 9.59 Å². The second kappa shape index (κ2) is 3.36. The van der Waals surface area contributed by atoms with E-state index in [9.17, 15) is 9.59 Å². The van der Waals surface area contributed by atoms with Gasteiger partial charge in [-0.15, -0.1) is 0 Å². The molecule has 1 heterocycles. The molecule has 0 saturated carbocycles. The van der Waals surface area contributed by atoms with E-state index in [-0.39, 0.29) is 24.4 Å². The van der Waals surface area contributed by atoms with Crippen molar-refractivity contribution in [2.24, 2.45) is 5.92 Å². The summed E-state index contributed by atoms with van der Waals surface area (Å²) in [7, 11) is 0. The van der Waals surface area contributed by atoms with E-state index in [4.69, 9.17) is 5.11 Å². The summed E-state index contributed by atoms with van der Waals surface area (Å²) < 4.78 is 0. The number of likely N-dealkylation sites (tertiary alicyclic amines) is 1. The summed E-state index contributed by atoms with van der Waals surface area (Å²) in [5, 5.41) is 8.82. The van der Waals surface area contributed by atoms with Gasteiger partial charge in [-0.05, 0) is 20.8 Å². The average Bonchev–Trinajstić information content (AvgIpc) is 2.26. The first-order valence-electron chi connectivity index (χ1n) is 4.49. The second-order valence-electron chi connectivity index (χ2n) is 3.78.